The Morgan fingerprint density at radius 2 is 2.29 bits per heavy atom. The van der Waals surface area contributed by atoms with Crippen molar-refractivity contribution in [1.82, 2.24) is 10.3 Å². The van der Waals surface area contributed by atoms with Gasteiger partial charge in [-0.1, -0.05) is 6.07 Å². The Hall–Kier alpha value is -0.610. The lowest BCUT2D eigenvalue weighted by atomic mass is 10.2. The summed E-state index contributed by atoms with van der Waals surface area (Å²) in [7, 11) is 1.94. The minimum Gasteiger partial charge on any atom is -0.320 e. The van der Waals surface area contributed by atoms with E-state index in [0.29, 0.717) is 5.03 Å². The summed E-state index contributed by atoms with van der Waals surface area (Å²) in [4.78, 5) is 4.16. The molecule has 78 valence electrons. The lowest BCUT2D eigenvalue weighted by Gasteiger charge is -2.01. The topological polar surface area (TPSA) is 24.9 Å². The summed E-state index contributed by atoms with van der Waals surface area (Å²) in [5.74, 6) is 0. The predicted molar refractivity (Wildman–Crippen MR) is 58.1 cm³/mol. The van der Waals surface area contributed by atoms with E-state index >= 15 is 0 Å². The third-order valence-electron chi connectivity index (χ3n) is 1.97. The maximum absolute atomic E-state index is 12.2. The van der Waals surface area contributed by atoms with E-state index in [1.54, 1.807) is 6.07 Å². The first-order valence-electron chi connectivity index (χ1n) is 4.76. The van der Waals surface area contributed by atoms with E-state index in [9.17, 15) is 3.89 Å². The van der Waals surface area contributed by atoms with E-state index in [-0.39, 0.29) is 12.1 Å². The summed E-state index contributed by atoms with van der Waals surface area (Å²) in [5.41, 5.74) is 0.976. The van der Waals surface area contributed by atoms with Gasteiger partial charge < -0.3 is 5.32 Å². The van der Waals surface area contributed by atoms with E-state index in [4.69, 9.17) is 0 Å². The first kappa shape index (κ1) is 11.5. The zero-order valence-corrected chi connectivity index (χ0v) is 9.11. The second kappa shape index (κ2) is 6.79. The molecule has 0 aliphatic rings. The normalized spacial score (nSPS) is 10.4. The van der Waals surface area contributed by atoms with Crippen LogP contribution >= 0.6 is 12.1 Å². The number of unbranched alkanes of at least 4 members (excludes halogenated alkanes) is 1. The number of rotatable bonds is 6. The van der Waals surface area contributed by atoms with Gasteiger partial charge in [0.1, 0.15) is 17.2 Å². The summed E-state index contributed by atoms with van der Waals surface area (Å²) in [6, 6.07) is 5.48. The Morgan fingerprint density at radius 3 is 3.00 bits per heavy atom. The largest absolute Gasteiger partial charge is 0.320 e. The summed E-state index contributed by atoms with van der Waals surface area (Å²) in [6.45, 7) is 1.03. The van der Waals surface area contributed by atoms with Crippen LogP contribution < -0.4 is 5.32 Å². The number of hydrogen-bond acceptors (Lipinski definition) is 3. The summed E-state index contributed by atoms with van der Waals surface area (Å²) >= 11 is 0.203. The number of pyridine rings is 1. The molecule has 0 bridgehead atoms. The highest BCUT2D eigenvalue weighted by Gasteiger charge is 1.98. The molecule has 0 spiro atoms. The Bertz CT molecular complexity index is 268. The van der Waals surface area contributed by atoms with E-state index in [2.05, 4.69) is 10.3 Å². The quantitative estimate of drug-likeness (QED) is 0.737. The van der Waals surface area contributed by atoms with Gasteiger partial charge in [0.25, 0.3) is 0 Å². The van der Waals surface area contributed by atoms with Gasteiger partial charge in [-0.25, -0.2) is 4.98 Å². The van der Waals surface area contributed by atoms with Crippen LogP contribution in [0.5, 0.6) is 0 Å². The molecule has 0 radical (unpaired) electrons. The molecule has 1 aromatic heterocycles. The van der Waals surface area contributed by atoms with Crippen LogP contribution in [0.2, 0.25) is 0 Å². The van der Waals surface area contributed by atoms with Crippen molar-refractivity contribution in [3.05, 3.63) is 23.9 Å². The van der Waals surface area contributed by atoms with Crippen LogP contribution in [0.4, 0.5) is 3.89 Å². The molecule has 0 aliphatic carbocycles. The molecule has 0 saturated heterocycles. The monoisotopic (exact) mass is 214 g/mol. The van der Waals surface area contributed by atoms with Gasteiger partial charge in [0.05, 0.1) is 0 Å². The summed E-state index contributed by atoms with van der Waals surface area (Å²) in [6.07, 6.45) is 3.15. The summed E-state index contributed by atoms with van der Waals surface area (Å²) in [5, 5.41) is 3.55. The lowest BCUT2D eigenvalue weighted by Crippen LogP contribution is -2.07. The second-order valence-electron chi connectivity index (χ2n) is 3.10. The van der Waals surface area contributed by atoms with Crippen molar-refractivity contribution in [2.24, 2.45) is 0 Å². The van der Waals surface area contributed by atoms with Gasteiger partial charge in [0.15, 0.2) is 0 Å². The van der Waals surface area contributed by atoms with Gasteiger partial charge in [-0.2, -0.15) is 3.89 Å². The van der Waals surface area contributed by atoms with Gasteiger partial charge in [0, 0.05) is 5.69 Å². The molecule has 0 saturated carbocycles. The Balaban J connectivity index is 2.34. The standard InChI is InChI=1S/C10H15FN2S/c1-12-8-3-2-5-9-6-4-7-10(13-9)14-11/h4,6-7,12H,2-3,5,8H2,1H3. The molecule has 1 rings (SSSR count). The number of halogens is 1. The maximum Gasteiger partial charge on any atom is 0.129 e. The number of hydrogen-bond donors (Lipinski definition) is 1. The lowest BCUT2D eigenvalue weighted by molar-refractivity contribution is 0.668. The number of aromatic nitrogens is 1. The van der Waals surface area contributed by atoms with Crippen LogP contribution in [0.25, 0.3) is 0 Å². The molecular weight excluding hydrogens is 199 g/mol. The molecule has 0 atom stereocenters. The van der Waals surface area contributed by atoms with Crippen LogP contribution in [0.3, 0.4) is 0 Å². The molecule has 0 aliphatic heterocycles. The number of aryl methyl sites for hydroxylation is 1. The van der Waals surface area contributed by atoms with Crippen LogP contribution in [-0.4, -0.2) is 18.6 Å². The number of nitrogens with one attached hydrogen (secondary N) is 1. The smallest absolute Gasteiger partial charge is 0.129 e. The molecule has 14 heavy (non-hydrogen) atoms. The van der Waals surface area contributed by atoms with Crippen molar-refractivity contribution in [3.8, 4) is 0 Å². The molecule has 0 amide bonds. The average Bonchev–Trinajstić information content (AvgIpc) is 2.25. The molecule has 0 unspecified atom stereocenters. The van der Waals surface area contributed by atoms with Crippen LogP contribution in [-0.2, 0) is 6.42 Å². The van der Waals surface area contributed by atoms with Gasteiger partial charge in [-0.05, 0) is 45.0 Å². The molecule has 0 fully saturated rings. The zero-order valence-electron chi connectivity index (χ0n) is 8.29. The minimum atomic E-state index is 0.203. The highest BCUT2D eigenvalue weighted by Crippen LogP contribution is 2.16. The van der Waals surface area contributed by atoms with Crippen molar-refractivity contribution in [2.75, 3.05) is 13.6 Å². The molecule has 0 aromatic carbocycles. The van der Waals surface area contributed by atoms with E-state index in [0.717, 1.165) is 31.5 Å². The van der Waals surface area contributed by atoms with Gasteiger partial charge in [0.2, 0.25) is 0 Å². The fourth-order valence-corrected chi connectivity index (χ4v) is 1.53. The third-order valence-corrected chi connectivity index (χ3v) is 2.36. The Labute approximate surface area is 88.6 Å². The van der Waals surface area contributed by atoms with Crippen LogP contribution in [0.15, 0.2) is 23.2 Å². The van der Waals surface area contributed by atoms with Crippen molar-refractivity contribution in [1.29, 1.82) is 0 Å². The molecular formula is C10H15FN2S. The SMILES string of the molecule is CNCCCCc1cccc(SF)n1. The highest BCUT2D eigenvalue weighted by atomic mass is 32.2. The van der Waals surface area contributed by atoms with Crippen molar-refractivity contribution in [3.63, 3.8) is 0 Å². The highest BCUT2D eigenvalue weighted by molar-refractivity contribution is 7.94. The molecule has 1 N–H and O–H groups in total. The first-order valence-corrected chi connectivity index (χ1v) is 5.47. The summed E-state index contributed by atoms with van der Waals surface area (Å²) < 4.78 is 12.2. The fraction of sp³-hybridized carbons (Fsp3) is 0.500. The average molecular weight is 214 g/mol. The van der Waals surface area contributed by atoms with Crippen molar-refractivity contribution >= 4 is 12.1 Å². The molecule has 4 heteroatoms. The van der Waals surface area contributed by atoms with Crippen LogP contribution in [0, 0.1) is 0 Å². The fourth-order valence-electron chi connectivity index (χ4n) is 1.25. The molecule has 1 aromatic rings. The Kier molecular flexibility index (Phi) is 5.56. The van der Waals surface area contributed by atoms with E-state index in [1.165, 1.54) is 0 Å². The first-order chi connectivity index (χ1) is 6.86. The third kappa shape index (κ3) is 4.07. The maximum atomic E-state index is 12.2. The van der Waals surface area contributed by atoms with Gasteiger partial charge in [-0.3, -0.25) is 0 Å². The Morgan fingerprint density at radius 1 is 1.43 bits per heavy atom. The van der Waals surface area contributed by atoms with Gasteiger partial charge in [-0.15, -0.1) is 0 Å². The minimum absolute atomic E-state index is 0.203. The molecule has 1 heterocycles. The number of nitrogens with zero attached hydrogens (tertiary/aromatic N) is 1. The second-order valence-corrected chi connectivity index (χ2v) is 3.68. The predicted octanol–water partition coefficient (Wildman–Crippen LogP) is 2.60. The van der Waals surface area contributed by atoms with Crippen LogP contribution in [0.1, 0.15) is 18.5 Å². The van der Waals surface area contributed by atoms with Crippen molar-refractivity contribution in [2.45, 2.75) is 24.3 Å². The van der Waals surface area contributed by atoms with Crippen molar-refractivity contribution < 1.29 is 3.89 Å². The zero-order chi connectivity index (χ0) is 10.2. The van der Waals surface area contributed by atoms with Gasteiger partial charge >= 0.3 is 0 Å². The van der Waals surface area contributed by atoms with E-state index in [1.807, 2.05) is 19.2 Å². The molecule has 2 nitrogen and oxygen atoms in total. The van der Waals surface area contributed by atoms with E-state index < -0.39 is 0 Å².